The third-order valence-electron chi connectivity index (χ3n) is 4.63. The van der Waals surface area contributed by atoms with Crippen LogP contribution >= 0.6 is 0 Å². The van der Waals surface area contributed by atoms with Crippen LogP contribution in [0.4, 0.5) is 0 Å². The molecule has 2 aliphatic rings. The van der Waals surface area contributed by atoms with Crippen LogP contribution in [-0.4, -0.2) is 4.98 Å². The molecule has 0 aromatic carbocycles. The van der Waals surface area contributed by atoms with Gasteiger partial charge in [0.25, 0.3) is 0 Å². The molecule has 3 rings (SSSR count). The molecule has 2 aliphatic carbocycles. The number of pyridine rings is 1. The minimum Gasteiger partial charge on any atom is -0.326 e. The number of H-pyrrole nitrogens is 1. The molecule has 3 heteroatoms. The van der Waals surface area contributed by atoms with E-state index in [0.29, 0.717) is 5.92 Å². The standard InChI is InChI=1S/C16H20N2O/c1-4-12-11-7-9(2)8-16(12,17)13-5-6-14(19)18-15(13)10(11)3/h4-7,10-11H,8,17H2,1-3H3,(H,18,19)/b12-4+/t10-,11?,16?/m0/s1. The molecule has 19 heavy (non-hydrogen) atoms. The highest BCUT2D eigenvalue weighted by Gasteiger charge is 2.46. The molecule has 3 N–H and O–H groups in total. The first kappa shape index (κ1) is 12.4. The lowest BCUT2D eigenvalue weighted by Gasteiger charge is -2.48. The van der Waals surface area contributed by atoms with E-state index in [4.69, 9.17) is 5.73 Å². The first-order valence-corrected chi connectivity index (χ1v) is 6.84. The second-order valence-electron chi connectivity index (χ2n) is 5.87. The van der Waals surface area contributed by atoms with Crippen LogP contribution in [0.25, 0.3) is 0 Å². The van der Waals surface area contributed by atoms with E-state index in [9.17, 15) is 4.79 Å². The van der Waals surface area contributed by atoms with Crippen molar-refractivity contribution in [2.75, 3.05) is 0 Å². The summed E-state index contributed by atoms with van der Waals surface area (Å²) in [5, 5.41) is 0. The van der Waals surface area contributed by atoms with E-state index in [2.05, 4.69) is 37.9 Å². The molecule has 0 aliphatic heterocycles. The Morgan fingerprint density at radius 1 is 1.47 bits per heavy atom. The maximum Gasteiger partial charge on any atom is 0.248 e. The lowest BCUT2D eigenvalue weighted by Crippen LogP contribution is -2.49. The minimum atomic E-state index is -0.454. The van der Waals surface area contributed by atoms with Gasteiger partial charge in [-0.25, -0.2) is 0 Å². The van der Waals surface area contributed by atoms with Gasteiger partial charge in [-0.2, -0.15) is 0 Å². The fourth-order valence-electron chi connectivity index (χ4n) is 3.83. The maximum absolute atomic E-state index is 11.6. The number of hydrogen-bond donors (Lipinski definition) is 2. The molecule has 2 unspecified atom stereocenters. The van der Waals surface area contributed by atoms with E-state index in [1.54, 1.807) is 6.07 Å². The monoisotopic (exact) mass is 256 g/mol. The Kier molecular flexibility index (Phi) is 2.58. The number of allylic oxidation sites excluding steroid dienone is 2. The molecule has 1 aromatic rings. The molecule has 100 valence electrons. The van der Waals surface area contributed by atoms with Crippen molar-refractivity contribution in [3.63, 3.8) is 0 Å². The molecule has 3 atom stereocenters. The van der Waals surface area contributed by atoms with Gasteiger partial charge in [0, 0.05) is 23.6 Å². The molecule has 0 fully saturated rings. The van der Waals surface area contributed by atoms with E-state index >= 15 is 0 Å². The maximum atomic E-state index is 11.6. The molecule has 0 saturated heterocycles. The van der Waals surface area contributed by atoms with Crippen molar-refractivity contribution >= 4 is 0 Å². The third kappa shape index (κ3) is 1.58. The zero-order chi connectivity index (χ0) is 13.8. The summed E-state index contributed by atoms with van der Waals surface area (Å²) in [7, 11) is 0. The SMILES string of the molecule is C/C=C1\C2C=C(C)CC1(N)c1ccc(=O)[nH]c1[C@H]2C. The highest BCUT2D eigenvalue weighted by atomic mass is 16.1. The van der Waals surface area contributed by atoms with Crippen LogP contribution in [0.2, 0.25) is 0 Å². The zero-order valence-corrected chi connectivity index (χ0v) is 11.7. The average molecular weight is 256 g/mol. The topological polar surface area (TPSA) is 58.9 Å². The van der Waals surface area contributed by atoms with Gasteiger partial charge in [0.1, 0.15) is 0 Å². The summed E-state index contributed by atoms with van der Waals surface area (Å²) >= 11 is 0. The van der Waals surface area contributed by atoms with Crippen molar-refractivity contribution in [3.05, 3.63) is 57.0 Å². The lowest BCUT2D eigenvalue weighted by atomic mass is 9.60. The van der Waals surface area contributed by atoms with Gasteiger partial charge in [-0.05, 0) is 37.5 Å². The Morgan fingerprint density at radius 3 is 2.89 bits per heavy atom. The van der Waals surface area contributed by atoms with E-state index in [0.717, 1.165) is 17.7 Å². The summed E-state index contributed by atoms with van der Waals surface area (Å²) in [5.74, 6) is 0.566. The van der Waals surface area contributed by atoms with Crippen molar-refractivity contribution in [1.29, 1.82) is 0 Å². The molecule has 1 heterocycles. The van der Waals surface area contributed by atoms with Gasteiger partial charge in [0.2, 0.25) is 5.56 Å². The number of fused-ring (bicyclic) bond motifs is 4. The molecule has 0 amide bonds. The van der Waals surface area contributed by atoms with Crippen molar-refractivity contribution < 1.29 is 0 Å². The minimum absolute atomic E-state index is 0.0445. The molecule has 1 aromatic heterocycles. The predicted octanol–water partition coefficient (Wildman–Crippen LogP) is 2.56. The van der Waals surface area contributed by atoms with Crippen molar-refractivity contribution in [1.82, 2.24) is 4.98 Å². The van der Waals surface area contributed by atoms with E-state index in [-0.39, 0.29) is 11.5 Å². The summed E-state index contributed by atoms with van der Waals surface area (Å²) in [4.78, 5) is 14.6. The summed E-state index contributed by atoms with van der Waals surface area (Å²) in [6.45, 7) is 6.36. The average Bonchev–Trinajstić information content (AvgIpc) is 2.35. The molecule has 0 radical (unpaired) electrons. The summed E-state index contributed by atoms with van der Waals surface area (Å²) in [6.07, 6.45) is 5.28. The Morgan fingerprint density at radius 2 is 2.21 bits per heavy atom. The van der Waals surface area contributed by atoms with Gasteiger partial charge in [0.15, 0.2) is 0 Å². The van der Waals surface area contributed by atoms with Crippen molar-refractivity contribution in [3.8, 4) is 0 Å². The molecule has 0 spiro atoms. The number of nitrogens with two attached hydrogens (primary N) is 1. The zero-order valence-electron chi connectivity index (χ0n) is 11.7. The van der Waals surface area contributed by atoms with Gasteiger partial charge >= 0.3 is 0 Å². The molecular formula is C16H20N2O. The van der Waals surface area contributed by atoms with Crippen LogP contribution < -0.4 is 11.3 Å². The number of aromatic amines is 1. The van der Waals surface area contributed by atoms with E-state index in [1.807, 2.05) is 6.07 Å². The van der Waals surface area contributed by atoms with Gasteiger partial charge in [0.05, 0.1) is 5.54 Å². The van der Waals surface area contributed by atoms with Gasteiger partial charge in [-0.3, -0.25) is 4.79 Å². The molecule has 3 nitrogen and oxygen atoms in total. The van der Waals surface area contributed by atoms with Crippen molar-refractivity contribution in [2.45, 2.75) is 38.6 Å². The number of nitrogens with one attached hydrogen (secondary N) is 1. The largest absolute Gasteiger partial charge is 0.326 e. The Bertz CT molecular complexity index is 653. The molecule has 0 saturated carbocycles. The summed E-state index contributed by atoms with van der Waals surface area (Å²) < 4.78 is 0. The van der Waals surface area contributed by atoms with Gasteiger partial charge in [-0.15, -0.1) is 0 Å². The second kappa shape index (κ2) is 3.94. The van der Waals surface area contributed by atoms with Gasteiger partial charge < -0.3 is 10.7 Å². The highest BCUT2D eigenvalue weighted by molar-refractivity contribution is 5.50. The predicted molar refractivity (Wildman–Crippen MR) is 77.0 cm³/mol. The molecular weight excluding hydrogens is 236 g/mol. The fraction of sp³-hybridized carbons (Fsp3) is 0.438. The van der Waals surface area contributed by atoms with Crippen LogP contribution in [-0.2, 0) is 5.54 Å². The van der Waals surface area contributed by atoms with E-state index < -0.39 is 5.54 Å². The number of rotatable bonds is 0. The normalized spacial score (nSPS) is 34.9. The number of hydrogen-bond acceptors (Lipinski definition) is 2. The summed E-state index contributed by atoms with van der Waals surface area (Å²) in [6, 6.07) is 3.49. The quantitative estimate of drug-likeness (QED) is 0.701. The van der Waals surface area contributed by atoms with Gasteiger partial charge in [-0.1, -0.05) is 24.6 Å². The smallest absolute Gasteiger partial charge is 0.248 e. The Hall–Kier alpha value is -1.61. The van der Waals surface area contributed by atoms with Crippen molar-refractivity contribution in [2.24, 2.45) is 11.7 Å². The Labute approximate surface area is 113 Å². The van der Waals surface area contributed by atoms with E-state index in [1.165, 1.54) is 11.1 Å². The summed E-state index contributed by atoms with van der Waals surface area (Å²) in [5.41, 5.74) is 10.9. The molecule has 2 bridgehead atoms. The van der Waals surface area contributed by atoms with Crippen LogP contribution in [0.5, 0.6) is 0 Å². The lowest BCUT2D eigenvalue weighted by molar-refractivity contribution is 0.376. The number of aromatic nitrogens is 1. The second-order valence-corrected chi connectivity index (χ2v) is 5.87. The fourth-order valence-corrected chi connectivity index (χ4v) is 3.83. The van der Waals surface area contributed by atoms with Crippen LogP contribution in [0.15, 0.2) is 40.2 Å². The van der Waals surface area contributed by atoms with Crippen LogP contribution in [0.3, 0.4) is 0 Å². The Balaban J connectivity index is 2.34. The first-order chi connectivity index (χ1) is 8.97. The third-order valence-corrected chi connectivity index (χ3v) is 4.63. The van der Waals surface area contributed by atoms with Crippen LogP contribution in [0, 0.1) is 5.92 Å². The highest BCUT2D eigenvalue weighted by Crippen LogP contribution is 2.52. The first-order valence-electron chi connectivity index (χ1n) is 6.84. The van der Waals surface area contributed by atoms with Crippen LogP contribution in [0.1, 0.15) is 44.4 Å².